The van der Waals surface area contributed by atoms with Gasteiger partial charge in [-0.1, -0.05) is 58.3 Å². The summed E-state index contributed by atoms with van der Waals surface area (Å²) in [6, 6.07) is 0. The summed E-state index contributed by atoms with van der Waals surface area (Å²) in [5.74, 6) is -0.659. The fourth-order valence-electron chi connectivity index (χ4n) is 1.59. The Hall–Kier alpha value is 0.269. The van der Waals surface area contributed by atoms with Crippen molar-refractivity contribution in [1.82, 2.24) is 0 Å². The van der Waals surface area contributed by atoms with E-state index in [0.29, 0.717) is 6.42 Å². The molecular formula is C13H28O2Sn. The molecule has 0 aromatic rings. The summed E-state index contributed by atoms with van der Waals surface area (Å²) in [6.45, 7) is 2.23. The molecule has 16 heavy (non-hydrogen) atoms. The van der Waals surface area contributed by atoms with Crippen molar-refractivity contribution in [1.29, 1.82) is 0 Å². The Morgan fingerprint density at radius 3 is 1.62 bits per heavy atom. The van der Waals surface area contributed by atoms with Gasteiger partial charge in [-0.3, -0.25) is 4.79 Å². The molecule has 0 saturated carbocycles. The molecule has 2 radical (unpaired) electrons. The summed E-state index contributed by atoms with van der Waals surface area (Å²) in [6.07, 6.45) is 11.5. The van der Waals surface area contributed by atoms with Crippen LogP contribution in [0.25, 0.3) is 0 Å². The molecule has 0 rings (SSSR count). The summed E-state index contributed by atoms with van der Waals surface area (Å²) < 4.78 is 0. The Morgan fingerprint density at radius 1 is 0.875 bits per heavy atom. The number of hydrogen-bond acceptors (Lipinski definition) is 1. The predicted octanol–water partition coefficient (Wildman–Crippen LogP) is 3.93. The van der Waals surface area contributed by atoms with E-state index in [2.05, 4.69) is 11.9 Å². The number of unbranched alkanes of at least 4 members (excludes halogenated alkanes) is 8. The van der Waals surface area contributed by atoms with Crippen molar-refractivity contribution in [2.45, 2.75) is 76.1 Å². The van der Waals surface area contributed by atoms with Crippen LogP contribution in [0.1, 0.15) is 71.1 Å². The van der Waals surface area contributed by atoms with E-state index in [1.807, 2.05) is 0 Å². The first-order valence-corrected chi connectivity index (χ1v) is 9.86. The molecule has 2 nitrogen and oxygen atoms in total. The van der Waals surface area contributed by atoms with Gasteiger partial charge >= 0.3 is 33.4 Å². The van der Waals surface area contributed by atoms with Gasteiger partial charge in [0.25, 0.3) is 0 Å². The first-order valence-electron chi connectivity index (χ1n) is 6.57. The zero-order chi connectivity index (χ0) is 12.6. The molecule has 0 saturated heterocycles. The third-order valence-corrected chi connectivity index (χ3v) is 2.49. The van der Waals surface area contributed by atoms with Gasteiger partial charge in [0.1, 0.15) is 0 Å². The molecule has 0 amide bonds. The zero-order valence-electron chi connectivity index (χ0n) is 11.0. The summed E-state index contributed by atoms with van der Waals surface area (Å²) in [5, 5.41) is 8.41. The normalized spacial score (nSPS) is 9.44. The Kier molecular flexibility index (Phi) is 20.6. The third-order valence-electron chi connectivity index (χ3n) is 2.49. The molecule has 0 fully saturated rings. The topological polar surface area (TPSA) is 37.3 Å². The molecule has 0 spiro atoms. The Bertz CT molecular complexity index is 138. The Morgan fingerprint density at radius 2 is 1.25 bits per heavy atom. The van der Waals surface area contributed by atoms with Crippen LogP contribution in [0.15, 0.2) is 0 Å². The number of carboxylic acids is 1. The van der Waals surface area contributed by atoms with Crippen LogP contribution in [0.4, 0.5) is 0 Å². The van der Waals surface area contributed by atoms with Crippen molar-refractivity contribution in [3.63, 3.8) is 0 Å². The van der Waals surface area contributed by atoms with Crippen molar-refractivity contribution >= 4 is 28.5 Å². The minimum atomic E-state index is -0.659. The maximum atomic E-state index is 10.2. The molecular weight excluding hydrogens is 307 g/mol. The summed E-state index contributed by atoms with van der Waals surface area (Å²) in [5.41, 5.74) is 0. The van der Waals surface area contributed by atoms with Crippen LogP contribution >= 0.6 is 0 Å². The average Bonchev–Trinajstić information content (AvgIpc) is 2.29. The fourth-order valence-corrected chi connectivity index (χ4v) is 1.59. The van der Waals surface area contributed by atoms with Gasteiger partial charge in [0.2, 0.25) is 0 Å². The minimum absolute atomic E-state index is 0.343. The van der Waals surface area contributed by atoms with Gasteiger partial charge in [0.05, 0.1) is 0 Å². The molecule has 0 heterocycles. The van der Waals surface area contributed by atoms with E-state index in [4.69, 9.17) is 5.11 Å². The number of hydrogen-bond donors (Lipinski definition) is 1. The zero-order valence-corrected chi connectivity index (χ0v) is 14.3. The van der Waals surface area contributed by atoms with Crippen molar-refractivity contribution in [2.75, 3.05) is 0 Å². The van der Waals surface area contributed by atoms with Crippen LogP contribution in [-0.2, 0) is 4.79 Å². The first kappa shape index (κ1) is 18.6. The van der Waals surface area contributed by atoms with E-state index in [9.17, 15) is 4.79 Å². The standard InChI is InChI=1S/C12H24O2.CH3.Sn.H/c1-2-3-4-5-6-7-8-9-10-11-12(13)14;;;/h2-11H2,1H3,(H,13,14);1H3;;. The molecule has 0 aromatic heterocycles. The van der Waals surface area contributed by atoms with Gasteiger partial charge in [-0.05, 0) is 6.42 Å². The quantitative estimate of drug-likeness (QED) is 0.485. The summed E-state index contributed by atoms with van der Waals surface area (Å²) >= 11 is 1.35. The number of carbonyl (C=O) groups is 1. The fraction of sp³-hybridized carbons (Fsp3) is 0.923. The Labute approximate surface area is 114 Å². The molecule has 0 aromatic carbocycles. The van der Waals surface area contributed by atoms with E-state index in [-0.39, 0.29) is 0 Å². The van der Waals surface area contributed by atoms with Crippen molar-refractivity contribution in [3.8, 4) is 0 Å². The van der Waals surface area contributed by atoms with Crippen LogP contribution in [0.3, 0.4) is 0 Å². The molecule has 0 aliphatic heterocycles. The summed E-state index contributed by atoms with van der Waals surface area (Å²) in [7, 11) is 0. The van der Waals surface area contributed by atoms with Crippen LogP contribution in [-0.4, -0.2) is 33.6 Å². The molecule has 0 bridgehead atoms. The predicted molar refractivity (Wildman–Crippen MR) is 72.5 cm³/mol. The first-order chi connectivity index (χ1) is 7.77. The van der Waals surface area contributed by atoms with Gasteiger partial charge in [-0.25, -0.2) is 0 Å². The van der Waals surface area contributed by atoms with Gasteiger partial charge in [-0.2, -0.15) is 0 Å². The van der Waals surface area contributed by atoms with Crippen LogP contribution in [0.2, 0.25) is 4.94 Å². The molecule has 0 aliphatic carbocycles. The molecule has 0 unspecified atom stereocenters. The average molecular weight is 335 g/mol. The van der Waals surface area contributed by atoms with Gasteiger partial charge in [0, 0.05) is 6.42 Å². The van der Waals surface area contributed by atoms with E-state index in [1.54, 1.807) is 0 Å². The monoisotopic (exact) mass is 336 g/mol. The molecule has 0 atom stereocenters. The van der Waals surface area contributed by atoms with Crippen LogP contribution in [0, 0.1) is 0 Å². The molecule has 0 aliphatic rings. The van der Waals surface area contributed by atoms with Gasteiger partial charge in [-0.15, -0.1) is 0 Å². The van der Waals surface area contributed by atoms with E-state index in [0.717, 1.165) is 12.8 Å². The molecule has 1 N–H and O–H groups in total. The van der Waals surface area contributed by atoms with Gasteiger partial charge in [0.15, 0.2) is 0 Å². The SMILES string of the molecule is CCCCCCCCCCCC(=O)O.[CH3][SnH]. The van der Waals surface area contributed by atoms with Crippen LogP contribution < -0.4 is 0 Å². The van der Waals surface area contributed by atoms with E-state index < -0.39 is 5.97 Å². The maximum absolute atomic E-state index is 10.2. The number of carboxylic acid groups (broad SMARTS) is 1. The van der Waals surface area contributed by atoms with Crippen LogP contribution in [0.5, 0.6) is 0 Å². The van der Waals surface area contributed by atoms with E-state index >= 15 is 0 Å². The molecule has 3 heteroatoms. The van der Waals surface area contributed by atoms with Gasteiger partial charge < -0.3 is 5.11 Å². The second-order valence-electron chi connectivity index (χ2n) is 3.97. The third kappa shape index (κ3) is 19.8. The number of aliphatic carboxylic acids is 1. The van der Waals surface area contributed by atoms with Crippen molar-refractivity contribution in [2.24, 2.45) is 0 Å². The summed E-state index contributed by atoms with van der Waals surface area (Å²) in [4.78, 5) is 12.3. The molecule has 96 valence electrons. The second-order valence-corrected chi connectivity index (χ2v) is 3.97. The second kappa shape index (κ2) is 17.7. The van der Waals surface area contributed by atoms with Crippen molar-refractivity contribution < 1.29 is 9.90 Å². The Balaban J connectivity index is 0. The number of rotatable bonds is 10. The van der Waals surface area contributed by atoms with E-state index in [1.165, 1.54) is 67.5 Å². The van der Waals surface area contributed by atoms with Crippen molar-refractivity contribution in [3.05, 3.63) is 0 Å².